The van der Waals surface area contributed by atoms with Crippen LogP contribution in [0.2, 0.25) is 0 Å². The van der Waals surface area contributed by atoms with E-state index in [1.807, 2.05) is 31.2 Å². The molecule has 1 fully saturated rings. The Balaban J connectivity index is 0.00000192. The van der Waals surface area contributed by atoms with Crippen LogP contribution in [0.1, 0.15) is 35.7 Å². The highest BCUT2D eigenvalue weighted by molar-refractivity contribution is 6.00. The number of fused-ring (bicyclic) bond motifs is 1. The zero-order valence-corrected chi connectivity index (χ0v) is 14.1. The second-order valence-electron chi connectivity index (χ2n) is 6.05. The molecule has 1 aromatic carbocycles. The first kappa shape index (κ1) is 17.5. The van der Waals surface area contributed by atoms with Crippen molar-refractivity contribution in [1.82, 2.24) is 15.6 Å². The minimum atomic E-state index is -0.323. The molecule has 2 aromatic rings. The quantitative estimate of drug-likeness (QED) is 0.787. The molecule has 5 nitrogen and oxygen atoms in total. The number of aryl methyl sites for hydroxylation is 1. The minimum Gasteiger partial charge on any atom is -0.349 e. The topological polar surface area (TPSA) is 74.0 Å². The number of pyridine rings is 1. The lowest BCUT2D eigenvalue weighted by Crippen LogP contribution is -2.47. The van der Waals surface area contributed by atoms with Crippen molar-refractivity contribution in [1.29, 1.82) is 0 Å². The number of hydrogen-bond donors (Lipinski definition) is 3. The predicted molar refractivity (Wildman–Crippen MR) is 94.5 cm³/mol. The number of benzene rings is 1. The van der Waals surface area contributed by atoms with Gasteiger partial charge in [0.25, 0.3) is 11.5 Å². The van der Waals surface area contributed by atoms with E-state index in [1.54, 1.807) is 0 Å². The first-order chi connectivity index (χ1) is 10.6. The van der Waals surface area contributed by atoms with Crippen LogP contribution in [0.5, 0.6) is 0 Å². The van der Waals surface area contributed by atoms with E-state index >= 15 is 0 Å². The number of para-hydroxylation sites is 1. The Kier molecular flexibility index (Phi) is 5.44. The monoisotopic (exact) mass is 335 g/mol. The van der Waals surface area contributed by atoms with Crippen molar-refractivity contribution >= 4 is 29.2 Å². The van der Waals surface area contributed by atoms with E-state index in [4.69, 9.17) is 0 Å². The maximum absolute atomic E-state index is 12.6. The molecule has 2 heterocycles. The third-order valence-electron chi connectivity index (χ3n) is 4.37. The van der Waals surface area contributed by atoms with Crippen molar-refractivity contribution in [2.24, 2.45) is 0 Å². The molecule has 6 heteroatoms. The van der Waals surface area contributed by atoms with Crippen molar-refractivity contribution in [3.63, 3.8) is 0 Å². The van der Waals surface area contributed by atoms with E-state index in [2.05, 4.69) is 22.5 Å². The fourth-order valence-electron chi connectivity index (χ4n) is 3.20. The molecule has 2 unspecified atom stereocenters. The summed E-state index contributed by atoms with van der Waals surface area (Å²) in [5.74, 6) is -0.274. The maximum Gasteiger partial charge on any atom is 0.261 e. The van der Waals surface area contributed by atoms with Gasteiger partial charge in [-0.05, 0) is 44.9 Å². The summed E-state index contributed by atoms with van der Waals surface area (Å²) in [6, 6.07) is 8.05. The smallest absolute Gasteiger partial charge is 0.261 e. The second kappa shape index (κ2) is 7.15. The Labute approximate surface area is 141 Å². The van der Waals surface area contributed by atoms with E-state index in [1.165, 1.54) is 0 Å². The summed E-state index contributed by atoms with van der Waals surface area (Å²) >= 11 is 0. The average molecular weight is 336 g/mol. The molecule has 0 radical (unpaired) electrons. The largest absolute Gasteiger partial charge is 0.349 e. The van der Waals surface area contributed by atoms with Crippen molar-refractivity contribution < 1.29 is 4.79 Å². The fraction of sp³-hybridized carbons (Fsp3) is 0.412. The van der Waals surface area contributed by atoms with E-state index < -0.39 is 0 Å². The van der Waals surface area contributed by atoms with Gasteiger partial charge < -0.3 is 15.6 Å². The van der Waals surface area contributed by atoms with Gasteiger partial charge in [0.05, 0.1) is 0 Å². The van der Waals surface area contributed by atoms with Crippen molar-refractivity contribution in [2.75, 3.05) is 6.54 Å². The maximum atomic E-state index is 12.6. The van der Waals surface area contributed by atoms with Gasteiger partial charge in [-0.2, -0.15) is 0 Å². The number of amides is 1. The number of aromatic nitrogens is 1. The van der Waals surface area contributed by atoms with Crippen LogP contribution in [0.4, 0.5) is 0 Å². The Morgan fingerprint density at radius 2 is 2.04 bits per heavy atom. The van der Waals surface area contributed by atoms with Crippen molar-refractivity contribution in [2.45, 2.75) is 38.8 Å². The summed E-state index contributed by atoms with van der Waals surface area (Å²) in [4.78, 5) is 27.6. The lowest BCUT2D eigenvalue weighted by molar-refractivity contribution is 0.0923. The Bertz CT molecular complexity index is 772. The first-order valence-electron chi connectivity index (χ1n) is 7.72. The Hall–Kier alpha value is -1.85. The number of halogens is 1. The molecule has 0 aliphatic carbocycles. The molecule has 0 bridgehead atoms. The Morgan fingerprint density at radius 1 is 1.30 bits per heavy atom. The number of nitrogens with one attached hydrogen (secondary N) is 3. The molecule has 1 saturated heterocycles. The van der Waals surface area contributed by atoms with E-state index in [0.29, 0.717) is 6.04 Å². The average Bonchev–Trinajstić information content (AvgIpc) is 2.47. The highest BCUT2D eigenvalue weighted by Crippen LogP contribution is 2.17. The second-order valence-corrected chi connectivity index (χ2v) is 6.05. The van der Waals surface area contributed by atoms with Gasteiger partial charge in [0.2, 0.25) is 0 Å². The highest BCUT2D eigenvalue weighted by Gasteiger charge is 2.23. The fourth-order valence-corrected chi connectivity index (χ4v) is 3.20. The van der Waals surface area contributed by atoms with Crippen LogP contribution in [0, 0.1) is 6.92 Å². The molecule has 0 saturated carbocycles. The van der Waals surface area contributed by atoms with E-state index in [0.717, 1.165) is 35.9 Å². The zero-order chi connectivity index (χ0) is 15.7. The summed E-state index contributed by atoms with van der Waals surface area (Å²) in [7, 11) is 0. The number of carbonyl (C=O) groups is 1. The van der Waals surface area contributed by atoms with Gasteiger partial charge in [-0.15, -0.1) is 12.4 Å². The third kappa shape index (κ3) is 3.57. The minimum absolute atomic E-state index is 0. The lowest BCUT2D eigenvalue weighted by atomic mass is 9.99. The lowest BCUT2D eigenvalue weighted by Gasteiger charge is -2.28. The molecule has 3 rings (SSSR count). The third-order valence-corrected chi connectivity index (χ3v) is 4.37. The normalized spacial score (nSPS) is 20.8. The van der Waals surface area contributed by atoms with Gasteiger partial charge in [0.1, 0.15) is 5.56 Å². The standard InChI is InChI=1S/C17H21N3O2.ClH/c1-10-9-12(7-8-18-10)19-16(21)15-11(2)13-5-3-4-6-14(13)20-17(15)22;/h3-6,10,12,18H,7-9H2,1-2H3,(H,19,21)(H,20,22);1H. The van der Waals surface area contributed by atoms with Gasteiger partial charge in [-0.3, -0.25) is 9.59 Å². The molecule has 3 N–H and O–H groups in total. The number of rotatable bonds is 2. The van der Waals surface area contributed by atoms with Crippen LogP contribution >= 0.6 is 12.4 Å². The summed E-state index contributed by atoms with van der Waals surface area (Å²) in [5, 5.41) is 7.27. The van der Waals surface area contributed by atoms with Crippen LogP contribution in [-0.4, -0.2) is 29.5 Å². The highest BCUT2D eigenvalue weighted by atomic mass is 35.5. The molecule has 1 aliphatic heterocycles. The van der Waals surface area contributed by atoms with Gasteiger partial charge in [-0.25, -0.2) is 0 Å². The van der Waals surface area contributed by atoms with Crippen molar-refractivity contribution in [3.8, 4) is 0 Å². The molecule has 2 atom stereocenters. The summed E-state index contributed by atoms with van der Waals surface area (Å²) < 4.78 is 0. The summed E-state index contributed by atoms with van der Waals surface area (Å²) in [6.45, 7) is 4.82. The molecule has 124 valence electrons. The van der Waals surface area contributed by atoms with Gasteiger partial charge >= 0.3 is 0 Å². The molecule has 23 heavy (non-hydrogen) atoms. The summed E-state index contributed by atoms with van der Waals surface area (Å²) in [5.41, 5.74) is 1.40. The summed E-state index contributed by atoms with van der Waals surface area (Å²) in [6.07, 6.45) is 1.77. The number of carbonyl (C=O) groups excluding carboxylic acids is 1. The van der Waals surface area contributed by atoms with Crippen LogP contribution in [0.3, 0.4) is 0 Å². The van der Waals surface area contributed by atoms with Crippen LogP contribution in [0.15, 0.2) is 29.1 Å². The van der Waals surface area contributed by atoms with Crippen molar-refractivity contribution in [3.05, 3.63) is 45.7 Å². The van der Waals surface area contributed by atoms with Gasteiger partial charge in [0.15, 0.2) is 0 Å². The molecular formula is C17H22ClN3O2. The van der Waals surface area contributed by atoms with Crippen LogP contribution in [0.25, 0.3) is 10.9 Å². The molecule has 1 aliphatic rings. The van der Waals surface area contributed by atoms with E-state index in [9.17, 15) is 9.59 Å². The zero-order valence-electron chi connectivity index (χ0n) is 13.3. The molecule has 1 amide bonds. The van der Waals surface area contributed by atoms with Crippen LogP contribution in [-0.2, 0) is 0 Å². The number of aromatic amines is 1. The van der Waals surface area contributed by atoms with E-state index in [-0.39, 0.29) is 35.5 Å². The molecule has 1 aromatic heterocycles. The van der Waals surface area contributed by atoms with Gasteiger partial charge in [0, 0.05) is 23.0 Å². The number of H-pyrrole nitrogens is 1. The molecular weight excluding hydrogens is 314 g/mol. The number of piperidine rings is 1. The SMILES string of the molecule is Cc1c(C(=O)NC2CCNC(C)C2)c(=O)[nH]c2ccccc12.Cl. The van der Waals surface area contributed by atoms with Crippen LogP contribution < -0.4 is 16.2 Å². The Morgan fingerprint density at radius 3 is 2.78 bits per heavy atom. The predicted octanol–water partition coefficient (Wildman–Crippen LogP) is 2.13. The van der Waals surface area contributed by atoms with Gasteiger partial charge in [-0.1, -0.05) is 18.2 Å². The molecule has 0 spiro atoms. The number of hydrogen-bond acceptors (Lipinski definition) is 3. The first-order valence-corrected chi connectivity index (χ1v) is 7.72.